The third-order valence-corrected chi connectivity index (χ3v) is 6.69. The van der Waals surface area contributed by atoms with Crippen molar-refractivity contribution in [2.24, 2.45) is 11.8 Å². The van der Waals surface area contributed by atoms with Gasteiger partial charge in [0, 0.05) is 24.0 Å². The summed E-state index contributed by atoms with van der Waals surface area (Å²) in [6.07, 6.45) is 5.95. The first kappa shape index (κ1) is 23.8. The molecule has 4 rings (SSSR count). The third-order valence-electron chi connectivity index (χ3n) is 6.69. The molecule has 0 aromatic heterocycles. The number of benzene rings is 2. The summed E-state index contributed by atoms with van der Waals surface area (Å²) in [5, 5.41) is 0. The van der Waals surface area contributed by atoms with Crippen LogP contribution in [-0.4, -0.2) is 12.5 Å². The maximum atomic E-state index is 14.8. The average Bonchev–Trinajstić information content (AvgIpc) is 2.77. The molecule has 0 amide bonds. The van der Waals surface area contributed by atoms with Crippen LogP contribution in [-0.2, 0) is 12.8 Å². The summed E-state index contributed by atoms with van der Waals surface area (Å²) in [5.41, 5.74) is 0.476. The molecule has 1 aliphatic heterocycles. The Morgan fingerprint density at radius 2 is 1.61 bits per heavy atom. The highest BCUT2D eigenvalue weighted by Gasteiger charge is 2.31. The molecule has 0 N–H and O–H groups in total. The second-order valence-electron chi connectivity index (χ2n) is 9.53. The molecule has 0 radical (unpaired) electrons. The third kappa shape index (κ3) is 5.28. The summed E-state index contributed by atoms with van der Waals surface area (Å²) in [6.45, 7) is 3.19. The van der Waals surface area contributed by atoms with Crippen molar-refractivity contribution in [3.63, 3.8) is 0 Å². The van der Waals surface area contributed by atoms with E-state index in [-0.39, 0.29) is 23.5 Å². The number of alkyl halides is 2. The highest BCUT2D eigenvalue weighted by molar-refractivity contribution is 5.54. The van der Waals surface area contributed by atoms with E-state index in [9.17, 15) is 22.0 Å². The molecule has 0 saturated heterocycles. The van der Waals surface area contributed by atoms with Gasteiger partial charge in [0.25, 0.3) is 0 Å². The van der Waals surface area contributed by atoms with E-state index in [4.69, 9.17) is 9.47 Å². The van der Waals surface area contributed by atoms with Crippen molar-refractivity contribution in [2.75, 3.05) is 6.61 Å². The van der Waals surface area contributed by atoms with Crippen molar-refractivity contribution in [3.8, 4) is 17.2 Å². The summed E-state index contributed by atoms with van der Waals surface area (Å²) in [4.78, 5) is 0. The molecule has 0 atom stereocenters. The Kier molecular flexibility index (Phi) is 6.87. The van der Waals surface area contributed by atoms with Gasteiger partial charge >= 0.3 is 0 Å². The average molecular weight is 469 g/mol. The maximum absolute atomic E-state index is 14.8. The number of ether oxygens (including phenoxy) is 2. The molecular weight excluding hydrogens is 439 g/mol. The van der Waals surface area contributed by atoms with Crippen molar-refractivity contribution in [2.45, 2.75) is 71.1 Å². The molecule has 0 unspecified atom stereocenters. The Labute approximate surface area is 191 Å². The maximum Gasteiger partial charge on any atom is 0.249 e. The number of halogens is 5. The summed E-state index contributed by atoms with van der Waals surface area (Å²) in [5.74, 6) is -6.43. The van der Waals surface area contributed by atoms with E-state index in [1.165, 1.54) is 31.0 Å². The van der Waals surface area contributed by atoms with Crippen LogP contribution in [0.4, 0.5) is 22.0 Å². The fraction of sp³-hybridized carbons (Fsp3) is 0.538. The van der Waals surface area contributed by atoms with Gasteiger partial charge in [0.15, 0.2) is 23.1 Å². The van der Waals surface area contributed by atoms with Gasteiger partial charge in [-0.1, -0.05) is 44.7 Å². The molecule has 0 spiro atoms. The van der Waals surface area contributed by atoms with Crippen LogP contribution in [0.5, 0.6) is 17.2 Å². The second-order valence-corrected chi connectivity index (χ2v) is 9.53. The topological polar surface area (TPSA) is 18.5 Å². The minimum absolute atomic E-state index is 0.0834. The molecule has 1 heterocycles. The number of fused-ring (bicyclic) bond motifs is 2. The van der Waals surface area contributed by atoms with Crippen LogP contribution in [0.25, 0.3) is 0 Å². The zero-order valence-electron chi connectivity index (χ0n) is 19.0. The molecule has 2 nitrogen and oxygen atoms in total. The molecule has 1 saturated carbocycles. The summed E-state index contributed by atoms with van der Waals surface area (Å²) in [7, 11) is 0. The van der Waals surface area contributed by atoms with Crippen molar-refractivity contribution in [3.05, 3.63) is 52.3 Å². The summed E-state index contributed by atoms with van der Waals surface area (Å²) >= 11 is 0. The molecule has 33 heavy (non-hydrogen) atoms. The van der Waals surface area contributed by atoms with Crippen LogP contribution in [0.3, 0.4) is 0 Å². The van der Waals surface area contributed by atoms with E-state index in [0.29, 0.717) is 30.6 Å². The summed E-state index contributed by atoms with van der Waals surface area (Å²) in [6, 6.07) is 4.16. The Bertz CT molecular complexity index is 1010. The Morgan fingerprint density at radius 3 is 2.27 bits per heavy atom. The zero-order chi connectivity index (χ0) is 23.8. The van der Waals surface area contributed by atoms with Gasteiger partial charge in [-0.3, -0.25) is 0 Å². The fourth-order valence-corrected chi connectivity index (χ4v) is 4.95. The highest BCUT2D eigenvalue weighted by atomic mass is 19.3. The standard InChI is InChI=1S/C26H29F5O2/c1-3-4-15-5-7-16(8-6-15)14-32-20-12-19-11-17-9-10-18(13-26(2,30)31)21(27)24(17)33-25(19)23(29)22(20)28/h9-10,12,15-16H,3-8,11,13-14H2,1-2H3. The molecule has 0 bridgehead atoms. The molecule has 2 aromatic rings. The molecule has 7 heteroatoms. The minimum Gasteiger partial charge on any atom is -0.490 e. The van der Waals surface area contributed by atoms with E-state index in [1.807, 2.05) is 0 Å². The first-order chi connectivity index (χ1) is 15.7. The lowest BCUT2D eigenvalue weighted by atomic mass is 9.80. The molecule has 2 aliphatic rings. The predicted octanol–water partition coefficient (Wildman–Crippen LogP) is 7.98. The minimum atomic E-state index is -3.11. The number of hydrogen-bond acceptors (Lipinski definition) is 2. The fourth-order valence-electron chi connectivity index (χ4n) is 4.95. The Morgan fingerprint density at radius 1 is 0.939 bits per heavy atom. The lowest BCUT2D eigenvalue weighted by Crippen LogP contribution is -2.20. The normalized spacial score (nSPS) is 20.1. The van der Waals surface area contributed by atoms with Crippen LogP contribution in [0.15, 0.2) is 18.2 Å². The van der Waals surface area contributed by atoms with Crippen LogP contribution in [0.1, 0.15) is 69.1 Å². The molecule has 1 fully saturated rings. The van der Waals surface area contributed by atoms with Gasteiger partial charge in [-0.2, -0.15) is 8.78 Å². The van der Waals surface area contributed by atoms with Crippen molar-refractivity contribution >= 4 is 0 Å². The van der Waals surface area contributed by atoms with Gasteiger partial charge in [-0.05, 0) is 43.2 Å². The highest BCUT2D eigenvalue weighted by Crippen LogP contribution is 2.44. The summed E-state index contributed by atoms with van der Waals surface area (Å²) < 4.78 is 82.1. The van der Waals surface area contributed by atoms with Gasteiger partial charge in [0.1, 0.15) is 0 Å². The van der Waals surface area contributed by atoms with Crippen LogP contribution in [0, 0.1) is 29.3 Å². The van der Waals surface area contributed by atoms with Gasteiger partial charge in [-0.15, -0.1) is 0 Å². The smallest absolute Gasteiger partial charge is 0.249 e. The van der Waals surface area contributed by atoms with Gasteiger partial charge in [-0.25, -0.2) is 13.2 Å². The van der Waals surface area contributed by atoms with E-state index < -0.39 is 35.5 Å². The monoisotopic (exact) mass is 468 g/mol. The quantitative estimate of drug-likeness (QED) is 0.327. The molecular formula is C26H29F5O2. The largest absolute Gasteiger partial charge is 0.490 e. The SMILES string of the molecule is CCCC1CCC(COc2cc3c(c(F)c2F)Oc2c(ccc(CC(C)(F)F)c2F)C3)CC1. The lowest BCUT2D eigenvalue weighted by Gasteiger charge is -2.28. The van der Waals surface area contributed by atoms with Crippen molar-refractivity contribution < 1.29 is 31.4 Å². The zero-order valence-corrected chi connectivity index (χ0v) is 19.0. The van der Waals surface area contributed by atoms with Crippen LogP contribution in [0.2, 0.25) is 0 Å². The first-order valence-corrected chi connectivity index (χ1v) is 11.7. The van der Waals surface area contributed by atoms with E-state index >= 15 is 0 Å². The van der Waals surface area contributed by atoms with Crippen molar-refractivity contribution in [1.29, 1.82) is 0 Å². The van der Waals surface area contributed by atoms with Gasteiger partial charge in [0.05, 0.1) is 6.61 Å². The lowest BCUT2D eigenvalue weighted by molar-refractivity contribution is 0.0217. The Hall–Kier alpha value is -2.31. The van der Waals surface area contributed by atoms with Gasteiger partial charge < -0.3 is 9.47 Å². The van der Waals surface area contributed by atoms with Crippen LogP contribution < -0.4 is 9.47 Å². The number of rotatable bonds is 7. The van der Waals surface area contributed by atoms with E-state index in [1.54, 1.807) is 0 Å². The predicted molar refractivity (Wildman–Crippen MR) is 116 cm³/mol. The molecule has 1 aliphatic carbocycles. The number of hydrogen-bond donors (Lipinski definition) is 0. The van der Waals surface area contributed by atoms with E-state index in [0.717, 1.165) is 31.6 Å². The molecule has 180 valence electrons. The second kappa shape index (κ2) is 9.51. The Balaban J connectivity index is 1.49. The van der Waals surface area contributed by atoms with Crippen molar-refractivity contribution in [1.82, 2.24) is 0 Å². The van der Waals surface area contributed by atoms with Crippen LogP contribution >= 0.6 is 0 Å². The van der Waals surface area contributed by atoms with Gasteiger partial charge in [0.2, 0.25) is 17.6 Å². The molecule has 2 aromatic carbocycles. The van der Waals surface area contributed by atoms with E-state index in [2.05, 4.69) is 6.92 Å². The first-order valence-electron chi connectivity index (χ1n) is 11.7.